The molecule has 2 heterocycles. The van der Waals surface area contributed by atoms with Gasteiger partial charge in [0.1, 0.15) is 5.54 Å². The molecule has 0 spiro atoms. The fraction of sp³-hybridized carbons (Fsp3) is 0.474. The maximum Gasteiger partial charge on any atom is 0.249 e. The van der Waals surface area contributed by atoms with E-state index in [2.05, 4.69) is 41.1 Å². The van der Waals surface area contributed by atoms with E-state index < -0.39 is 5.54 Å². The lowest BCUT2D eigenvalue weighted by Crippen LogP contribution is -2.57. The van der Waals surface area contributed by atoms with Crippen molar-refractivity contribution in [3.05, 3.63) is 54.1 Å². The summed E-state index contributed by atoms with van der Waals surface area (Å²) in [5.41, 5.74) is 2.02. The van der Waals surface area contributed by atoms with Gasteiger partial charge >= 0.3 is 0 Å². The van der Waals surface area contributed by atoms with Crippen molar-refractivity contribution in [2.75, 3.05) is 27.2 Å². The van der Waals surface area contributed by atoms with Gasteiger partial charge in [0.15, 0.2) is 0 Å². The highest BCUT2D eigenvalue weighted by Crippen LogP contribution is 2.31. The van der Waals surface area contributed by atoms with Crippen LogP contribution < -0.4 is 0 Å². The second-order valence-corrected chi connectivity index (χ2v) is 7.00. The lowest BCUT2D eigenvalue weighted by atomic mass is 9.86. The number of carbonyl (C=O) groups is 1. The van der Waals surface area contributed by atoms with E-state index in [0.29, 0.717) is 6.54 Å². The summed E-state index contributed by atoms with van der Waals surface area (Å²) < 4.78 is 2.00. The van der Waals surface area contributed by atoms with Gasteiger partial charge in [-0.1, -0.05) is 29.8 Å². The van der Waals surface area contributed by atoms with E-state index in [-0.39, 0.29) is 5.91 Å². The van der Waals surface area contributed by atoms with Gasteiger partial charge in [-0.3, -0.25) is 9.69 Å². The SMILES string of the molecule is Cc1cccc(CN2CCCC(C(=O)N(C)C)(n3ccnc3)C2)c1. The van der Waals surface area contributed by atoms with Crippen LogP contribution in [0.5, 0.6) is 0 Å². The monoisotopic (exact) mass is 326 g/mol. The fourth-order valence-corrected chi connectivity index (χ4v) is 3.75. The molecule has 1 aromatic carbocycles. The highest BCUT2D eigenvalue weighted by molar-refractivity contribution is 5.84. The van der Waals surface area contributed by atoms with E-state index >= 15 is 0 Å². The Kier molecular flexibility index (Phi) is 4.71. The van der Waals surface area contributed by atoms with Crippen LogP contribution in [0.3, 0.4) is 0 Å². The number of hydrogen-bond donors (Lipinski definition) is 0. The molecule has 0 N–H and O–H groups in total. The summed E-state index contributed by atoms with van der Waals surface area (Å²) in [6.45, 7) is 4.73. The number of imidazole rings is 1. The summed E-state index contributed by atoms with van der Waals surface area (Å²) in [7, 11) is 3.67. The van der Waals surface area contributed by atoms with Crippen LogP contribution in [0, 0.1) is 6.92 Å². The number of carbonyl (C=O) groups excluding carboxylic acids is 1. The lowest BCUT2D eigenvalue weighted by molar-refractivity contribution is -0.141. The Morgan fingerprint density at radius 1 is 1.38 bits per heavy atom. The molecule has 2 aromatic rings. The van der Waals surface area contributed by atoms with E-state index in [0.717, 1.165) is 25.9 Å². The number of aryl methyl sites for hydroxylation is 1. The molecule has 0 radical (unpaired) electrons. The van der Waals surface area contributed by atoms with Crippen LogP contribution >= 0.6 is 0 Å². The van der Waals surface area contributed by atoms with Gasteiger partial charge in [0, 0.05) is 39.6 Å². The molecule has 5 heteroatoms. The smallest absolute Gasteiger partial charge is 0.249 e. The lowest BCUT2D eigenvalue weighted by Gasteiger charge is -2.43. The summed E-state index contributed by atoms with van der Waals surface area (Å²) in [6.07, 6.45) is 7.30. The third-order valence-corrected chi connectivity index (χ3v) is 4.84. The number of nitrogens with zero attached hydrogens (tertiary/aromatic N) is 4. The normalized spacial score (nSPS) is 21.6. The molecular weight excluding hydrogens is 300 g/mol. The number of amides is 1. The molecule has 24 heavy (non-hydrogen) atoms. The molecule has 1 aromatic heterocycles. The molecule has 0 saturated carbocycles. The number of rotatable bonds is 4. The second kappa shape index (κ2) is 6.77. The maximum atomic E-state index is 13.0. The Labute approximate surface area is 143 Å². The summed E-state index contributed by atoms with van der Waals surface area (Å²) >= 11 is 0. The molecule has 1 aliphatic rings. The first-order chi connectivity index (χ1) is 11.5. The molecule has 1 saturated heterocycles. The van der Waals surface area contributed by atoms with Crippen molar-refractivity contribution < 1.29 is 4.79 Å². The van der Waals surface area contributed by atoms with Crippen LogP contribution in [0.2, 0.25) is 0 Å². The molecule has 5 nitrogen and oxygen atoms in total. The molecule has 1 unspecified atom stereocenters. The van der Waals surface area contributed by atoms with E-state index in [1.165, 1.54) is 11.1 Å². The summed E-state index contributed by atoms with van der Waals surface area (Å²) in [6, 6.07) is 8.60. The summed E-state index contributed by atoms with van der Waals surface area (Å²) in [5.74, 6) is 0.148. The van der Waals surface area contributed by atoms with Crippen molar-refractivity contribution in [3.63, 3.8) is 0 Å². The van der Waals surface area contributed by atoms with Crippen LogP contribution in [-0.2, 0) is 16.9 Å². The zero-order valence-corrected chi connectivity index (χ0v) is 14.8. The highest BCUT2D eigenvalue weighted by Gasteiger charge is 2.44. The molecule has 1 atom stereocenters. The first kappa shape index (κ1) is 16.7. The Morgan fingerprint density at radius 2 is 2.21 bits per heavy atom. The van der Waals surface area contributed by atoms with Gasteiger partial charge < -0.3 is 9.47 Å². The van der Waals surface area contributed by atoms with Crippen molar-refractivity contribution in [1.82, 2.24) is 19.4 Å². The van der Waals surface area contributed by atoms with Crippen LogP contribution in [0.25, 0.3) is 0 Å². The minimum Gasteiger partial charge on any atom is -0.347 e. The predicted octanol–water partition coefficient (Wildman–Crippen LogP) is 2.27. The molecule has 0 aliphatic carbocycles. The van der Waals surface area contributed by atoms with E-state index in [1.54, 1.807) is 17.4 Å². The Balaban J connectivity index is 1.86. The zero-order valence-electron chi connectivity index (χ0n) is 14.8. The minimum atomic E-state index is -0.553. The van der Waals surface area contributed by atoms with Gasteiger partial charge in [-0.25, -0.2) is 4.98 Å². The van der Waals surface area contributed by atoms with Gasteiger partial charge in [0.25, 0.3) is 0 Å². The number of likely N-dealkylation sites (N-methyl/N-ethyl adjacent to an activating group) is 1. The van der Waals surface area contributed by atoms with Gasteiger partial charge in [-0.05, 0) is 31.9 Å². The van der Waals surface area contributed by atoms with Crippen molar-refractivity contribution in [2.45, 2.75) is 31.8 Å². The summed E-state index contributed by atoms with van der Waals surface area (Å²) in [5, 5.41) is 0. The zero-order chi connectivity index (χ0) is 17.2. The fourth-order valence-electron chi connectivity index (χ4n) is 3.75. The third kappa shape index (κ3) is 3.22. The molecule has 1 aliphatic heterocycles. The molecule has 3 rings (SSSR count). The first-order valence-corrected chi connectivity index (χ1v) is 8.49. The number of piperidine rings is 1. The Bertz CT molecular complexity index is 695. The number of likely N-dealkylation sites (tertiary alicyclic amines) is 1. The van der Waals surface area contributed by atoms with E-state index in [4.69, 9.17) is 0 Å². The van der Waals surface area contributed by atoms with Crippen molar-refractivity contribution in [3.8, 4) is 0 Å². The number of benzene rings is 1. The third-order valence-electron chi connectivity index (χ3n) is 4.84. The highest BCUT2D eigenvalue weighted by atomic mass is 16.2. The Morgan fingerprint density at radius 3 is 2.88 bits per heavy atom. The van der Waals surface area contributed by atoms with Gasteiger partial charge in [-0.2, -0.15) is 0 Å². The minimum absolute atomic E-state index is 0.148. The molecule has 1 amide bonds. The predicted molar refractivity (Wildman–Crippen MR) is 94.6 cm³/mol. The summed E-state index contributed by atoms with van der Waals surface area (Å²) in [4.78, 5) is 21.3. The Hall–Kier alpha value is -2.14. The van der Waals surface area contributed by atoms with Gasteiger partial charge in [0.05, 0.1) is 6.33 Å². The topological polar surface area (TPSA) is 41.4 Å². The van der Waals surface area contributed by atoms with Crippen LogP contribution in [-0.4, -0.2) is 52.4 Å². The van der Waals surface area contributed by atoms with Crippen molar-refractivity contribution >= 4 is 5.91 Å². The van der Waals surface area contributed by atoms with Crippen molar-refractivity contribution in [2.24, 2.45) is 0 Å². The van der Waals surface area contributed by atoms with Gasteiger partial charge in [-0.15, -0.1) is 0 Å². The quantitative estimate of drug-likeness (QED) is 0.865. The number of aromatic nitrogens is 2. The number of hydrogen-bond acceptors (Lipinski definition) is 3. The van der Waals surface area contributed by atoms with Crippen LogP contribution in [0.1, 0.15) is 24.0 Å². The van der Waals surface area contributed by atoms with Crippen molar-refractivity contribution in [1.29, 1.82) is 0 Å². The average Bonchev–Trinajstić information content (AvgIpc) is 3.09. The molecule has 128 valence electrons. The molecular formula is C19H26N4O. The molecule has 0 bridgehead atoms. The van der Waals surface area contributed by atoms with E-state index in [1.807, 2.05) is 24.9 Å². The largest absolute Gasteiger partial charge is 0.347 e. The maximum absolute atomic E-state index is 13.0. The first-order valence-electron chi connectivity index (χ1n) is 8.49. The second-order valence-electron chi connectivity index (χ2n) is 7.00. The van der Waals surface area contributed by atoms with Crippen LogP contribution in [0.15, 0.2) is 43.0 Å². The van der Waals surface area contributed by atoms with E-state index in [9.17, 15) is 4.79 Å². The van der Waals surface area contributed by atoms with Crippen LogP contribution in [0.4, 0.5) is 0 Å². The average molecular weight is 326 g/mol. The molecule has 1 fully saturated rings. The van der Waals surface area contributed by atoms with Gasteiger partial charge in [0.2, 0.25) is 5.91 Å². The standard InChI is InChI=1S/C19H26N4O/c1-16-6-4-7-17(12-16)13-22-10-5-8-19(14-22,18(24)21(2)3)23-11-9-20-15-23/h4,6-7,9,11-12,15H,5,8,10,13-14H2,1-3H3.